The summed E-state index contributed by atoms with van der Waals surface area (Å²) in [7, 11) is 0. The van der Waals surface area contributed by atoms with E-state index in [2.05, 4.69) is 35.2 Å². The molecule has 2 aromatic rings. The summed E-state index contributed by atoms with van der Waals surface area (Å²) in [5, 5.41) is 3.35. The van der Waals surface area contributed by atoms with Gasteiger partial charge in [0.25, 0.3) is 0 Å². The van der Waals surface area contributed by atoms with Crippen LogP contribution in [-0.2, 0) is 6.54 Å². The highest BCUT2D eigenvalue weighted by Crippen LogP contribution is 2.17. The Morgan fingerprint density at radius 2 is 2.18 bits per heavy atom. The van der Waals surface area contributed by atoms with E-state index in [1.54, 1.807) is 12.5 Å². The van der Waals surface area contributed by atoms with Crippen molar-refractivity contribution in [2.45, 2.75) is 27.3 Å². The number of nitrogens with zero attached hydrogens (tertiary/aromatic N) is 3. The second-order valence-electron chi connectivity index (χ2n) is 4.13. The standard InChI is InChI=1S/C13H18N4/c1-4-14-8-12-10(2)7-11(3)16-13(12)17-6-5-15-9-17/h5-7,9,14H,4,8H2,1-3H3. The Labute approximate surface area is 102 Å². The molecule has 0 spiro atoms. The van der Waals surface area contributed by atoms with Gasteiger partial charge in [0.1, 0.15) is 12.1 Å². The van der Waals surface area contributed by atoms with E-state index in [0.29, 0.717) is 0 Å². The van der Waals surface area contributed by atoms with Gasteiger partial charge in [-0.15, -0.1) is 0 Å². The van der Waals surface area contributed by atoms with Crippen LogP contribution in [0.25, 0.3) is 5.82 Å². The molecule has 0 aromatic carbocycles. The molecule has 2 rings (SSSR count). The molecule has 17 heavy (non-hydrogen) atoms. The Morgan fingerprint density at radius 1 is 1.35 bits per heavy atom. The number of hydrogen-bond acceptors (Lipinski definition) is 3. The van der Waals surface area contributed by atoms with Crippen LogP contribution in [0.1, 0.15) is 23.7 Å². The van der Waals surface area contributed by atoms with Crippen LogP contribution in [0.4, 0.5) is 0 Å². The Kier molecular flexibility index (Phi) is 3.54. The number of nitrogens with one attached hydrogen (secondary N) is 1. The zero-order valence-corrected chi connectivity index (χ0v) is 10.6. The molecule has 0 amide bonds. The lowest BCUT2D eigenvalue weighted by molar-refractivity contribution is 0.713. The fraction of sp³-hybridized carbons (Fsp3) is 0.385. The van der Waals surface area contributed by atoms with Crippen LogP contribution in [0.15, 0.2) is 24.8 Å². The molecule has 0 bridgehead atoms. The average Bonchev–Trinajstić information content (AvgIpc) is 2.80. The van der Waals surface area contributed by atoms with Crippen molar-refractivity contribution < 1.29 is 0 Å². The largest absolute Gasteiger partial charge is 0.313 e. The molecule has 0 atom stereocenters. The van der Waals surface area contributed by atoms with Crippen molar-refractivity contribution in [2.24, 2.45) is 0 Å². The Bertz CT molecular complexity index is 488. The van der Waals surface area contributed by atoms with Gasteiger partial charge in [-0.05, 0) is 32.0 Å². The third-order valence-electron chi connectivity index (χ3n) is 2.75. The van der Waals surface area contributed by atoms with E-state index >= 15 is 0 Å². The summed E-state index contributed by atoms with van der Waals surface area (Å²) in [6, 6.07) is 2.12. The first kappa shape index (κ1) is 11.8. The van der Waals surface area contributed by atoms with Gasteiger partial charge < -0.3 is 5.32 Å². The van der Waals surface area contributed by atoms with Crippen LogP contribution in [0.5, 0.6) is 0 Å². The van der Waals surface area contributed by atoms with E-state index in [9.17, 15) is 0 Å². The van der Waals surface area contributed by atoms with Gasteiger partial charge >= 0.3 is 0 Å². The molecule has 90 valence electrons. The predicted molar refractivity (Wildman–Crippen MR) is 68.2 cm³/mol. The first-order chi connectivity index (χ1) is 8.22. The number of aryl methyl sites for hydroxylation is 2. The Hall–Kier alpha value is -1.68. The average molecular weight is 230 g/mol. The zero-order valence-electron chi connectivity index (χ0n) is 10.6. The van der Waals surface area contributed by atoms with Gasteiger partial charge in [-0.25, -0.2) is 9.97 Å². The fourth-order valence-electron chi connectivity index (χ4n) is 1.91. The van der Waals surface area contributed by atoms with Gasteiger partial charge in [0.2, 0.25) is 0 Å². The molecule has 0 radical (unpaired) electrons. The lowest BCUT2D eigenvalue weighted by atomic mass is 10.1. The van der Waals surface area contributed by atoms with Gasteiger partial charge in [0.15, 0.2) is 0 Å². The fourth-order valence-corrected chi connectivity index (χ4v) is 1.91. The van der Waals surface area contributed by atoms with Crippen molar-refractivity contribution in [3.8, 4) is 5.82 Å². The normalized spacial score (nSPS) is 10.8. The first-order valence-electron chi connectivity index (χ1n) is 5.88. The Balaban J connectivity index is 2.47. The molecule has 0 unspecified atom stereocenters. The van der Waals surface area contributed by atoms with Gasteiger partial charge in [-0.1, -0.05) is 6.92 Å². The molecule has 2 heterocycles. The first-order valence-corrected chi connectivity index (χ1v) is 5.88. The van der Waals surface area contributed by atoms with Crippen LogP contribution < -0.4 is 5.32 Å². The maximum Gasteiger partial charge on any atom is 0.142 e. The van der Waals surface area contributed by atoms with Crippen molar-refractivity contribution in [1.29, 1.82) is 0 Å². The molecule has 0 saturated heterocycles. The van der Waals surface area contributed by atoms with E-state index < -0.39 is 0 Å². The molecule has 2 aromatic heterocycles. The summed E-state index contributed by atoms with van der Waals surface area (Å²) in [5.41, 5.74) is 3.53. The summed E-state index contributed by atoms with van der Waals surface area (Å²) in [6.45, 7) is 8.04. The zero-order chi connectivity index (χ0) is 12.3. The topological polar surface area (TPSA) is 42.7 Å². The van der Waals surface area contributed by atoms with Gasteiger partial charge in [0, 0.05) is 30.2 Å². The van der Waals surface area contributed by atoms with Crippen LogP contribution in [0.2, 0.25) is 0 Å². The molecule has 4 nitrogen and oxygen atoms in total. The Morgan fingerprint density at radius 3 is 2.82 bits per heavy atom. The van der Waals surface area contributed by atoms with Crippen molar-refractivity contribution >= 4 is 0 Å². The van der Waals surface area contributed by atoms with Crippen molar-refractivity contribution in [2.75, 3.05) is 6.54 Å². The summed E-state index contributed by atoms with van der Waals surface area (Å²) < 4.78 is 1.96. The van der Waals surface area contributed by atoms with Crippen LogP contribution in [-0.4, -0.2) is 21.1 Å². The van der Waals surface area contributed by atoms with E-state index in [4.69, 9.17) is 0 Å². The molecule has 0 fully saturated rings. The van der Waals surface area contributed by atoms with Crippen molar-refractivity contribution in [1.82, 2.24) is 19.9 Å². The lowest BCUT2D eigenvalue weighted by Gasteiger charge is -2.13. The van der Waals surface area contributed by atoms with Crippen LogP contribution in [0.3, 0.4) is 0 Å². The highest BCUT2D eigenvalue weighted by molar-refractivity contribution is 5.41. The summed E-state index contributed by atoms with van der Waals surface area (Å²) in [6.07, 6.45) is 5.49. The number of imidazole rings is 1. The monoisotopic (exact) mass is 230 g/mol. The maximum absolute atomic E-state index is 4.61. The second-order valence-corrected chi connectivity index (χ2v) is 4.13. The molecule has 0 saturated carbocycles. The van der Waals surface area contributed by atoms with Crippen LogP contribution >= 0.6 is 0 Å². The van der Waals surface area contributed by atoms with Gasteiger partial charge in [-0.2, -0.15) is 0 Å². The minimum absolute atomic E-state index is 0.836. The molecule has 1 N–H and O–H groups in total. The summed E-state index contributed by atoms with van der Waals surface area (Å²) >= 11 is 0. The van der Waals surface area contributed by atoms with E-state index in [-0.39, 0.29) is 0 Å². The van der Waals surface area contributed by atoms with Gasteiger partial charge in [-0.3, -0.25) is 4.57 Å². The summed E-state index contributed by atoms with van der Waals surface area (Å²) in [4.78, 5) is 8.69. The van der Waals surface area contributed by atoms with Crippen molar-refractivity contribution in [3.63, 3.8) is 0 Å². The number of pyridine rings is 1. The molecular weight excluding hydrogens is 212 g/mol. The highest BCUT2D eigenvalue weighted by atomic mass is 15.1. The number of rotatable bonds is 4. The van der Waals surface area contributed by atoms with Crippen molar-refractivity contribution in [3.05, 3.63) is 41.6 Å². The molecule has 0 aliphatic carbocycles. The van der Waals surface area contributed by atoms with Crippen LogP contribution in [0, 0.1) is 13.8 Å². The molecular formula is C13H18N4. The molecule has 0 aliphatic rings. The minimum Gasteiger partial charge on any atom is -0.313 e. The van der Waals surface area contributed by atoms with E-state index in [0.717, 1.165) is 24.6 Å². The quantitative estimate of drug-likeness (QED) is 0.873. The minimum atomic E-state index is 0.836. The van der Waals surface area contributed by atoms with E-state index in [1.807, 2.05) is 17.7 Å². The smallest absolute Gasteiger partial charge is 0.142 e. The van der Waals surface area contributed by atoms with E-state index in [1.165, 1.54) is 11.1 Å². The third kappa shape index (κ3) is 2.53. The number of hydrogen-bond donors (Lipinski definition) is 1. The predicted octanol–water partition coefficient (Wildman–Crippen LogP) is 1.99. The molecule has 4 heteroatoms. The molecule has 0 aliphatic heterocycles. The summed E-state index contributed by atoms with van der Waals surface area (Å²) in [5.74, 6) is 0.973. The SMILES string of the molecule is CCNCc1c(C)cc(C)nc1-n1ccnc1. The number of aromatic nitrogens is 3. The highest BCUT2D eigenvalue weighted by Gasteiger charge is 2.09. The lowest BCUT2D eigenvalue weighted by Crippen LogP contribution is -2.16. The maximum atomic E-state index is 4.61. The third-order valence-corrected chi connectivity index (χ3v) is 2.75. The second kappa shape index (κ2) is 5.10. The van der Waals surface area contributed by atoms with Gasteiger partial charge in [0.05, 0.1) is 0 Å².